The second kappa shape index (κ2) is 3.98. The molecule has 0 radical (unpaired) electrons. The van der Waals surface area contributed by atoms with E-state index in [0.717, 1.165) is 0 Å². The van der Waals surface area contributed by atoms with Crippen LogP contribution in [0.5, 0.6) is 0 Å². The van der Waals surface area contributed by atoms with Crippen molar-refractivity contribution >= 4 is 5.69 Å². The van der Waals surface area contributed by atoms with E-state index in [1.54, 1.807) is 0 Å². The van der Waals surface area contributed by atoms with Crippen molar-refractivity contribution in [3.8, 4) is 6.07 Å². The van der Waals surface area contributed by atoms with Gasteiger partial charge in [0.25, 0.3) is 5.82 Å². The van der Waals surface area contributed by atoms with E-state index in [-0.39, 0.29) is 18.2 Å². The number of nitriles is 1. The Morgan fingerprint density at radius 1 is 1.50 bits per heavy atom. The highest BCUT2D eigenvalue weighted by Crippen LogP contribution is 2.14. The summed E-state index contributed by atoms with van der Waals surface area (Å²) in [6.45, 7) is 0.290. The number of hydrogen-bond donors (Lipinski definition) is 1. The molecule has 0 aliphatic rings. The van der Waals surface area contributed by atoms with Crippen LogP contribution in [0.15, 0.2) is 24.5 Å². The summed E-state index contributed by atoms with van der Waals surface area (Å²) in [5, 5.41) is 12.4. The summed E-state index contributed by atoms with van der Waals surface area (Å²) in [6.07, 6.45) is 1.41. The van der Waals surface area contributed by atoms with Gasteiger partial charge >= 0.3 is 0 Å². The van der Waals surface area contributed by atoms with Gasteiger partial charge in [-0.3, -0.25) is 0 Å². The van der Waals surface area contributed by atoms with Gasteiger partial charge in [-0.25, -0.2) is 14.1 Å². The quantitative estimate of drug-likeness (QED) is 0.758. The van der Waals surface area contributed by atoms with E-state index in [1.165, 1.54) is 29.2 Å². The molecule has 0 spiro atoms. The zero-order chi connectivity index (χ0) is 11.5. The molecule has 2 aromatic rings. The van der Waals surface area contributed by atoms with Crippen LogP contribution in [-0.4, -0.2) is 14.8 Å². The van der Waals surface area contributed by atoms with Gasteiger partial charge in [0.2, 0.25) is 0 Å². The molecule has 0 amide bonds. The van der Waals surface area contributed by atoms with Gasteiger partial charge in [-0.05, 0) is 23.8 Å². The van der Waals surface area contributed by atoms with Gasteiger partial charge in [0.1, 0.15) is 18.2 Å². The van der Waals surface area contributed by atoms with Crippen molar-refractivity contribution < 1.29 is 4.39 Å². The standard InChI is InChI=1S/C10H8FN5/c11-8-1-2-9(13)7(3-8)5-16-6-14-10(4-12)15-16/h1-3,6H,5,13H2. The van der Waals surface area contributed by atoms with Crippen LogP contribution < -0.4 is 5.73 Å². The zero-order valence-corrected chi connectivity index (χ0v) is 8.26. The average molecular weight is 217 g/mol. The number of nitrogen functional groups attached to an aromatic ring is 1. The van der Waals surface area contributed by atoms with Crippen molar-refractivity contribution in [2.45, 2.75) is 6.54 Å². The highest BCUT2D eigenvalue weighted by atomic mass is 19.1. The van der Waals surface area contributed by atoms with Crippen molar-refractivity contribution in [3.63, 3.8) is 0 Å². The van der Waals surface area contributed by atoms with Crippen molar-refractivity contribution in [2.24, 2.45) is 0 Å². The number of benzene rings is 1. The van der Waals surface area contributed by atoms with E-state index in [0.29, 0.717) is 11.3 Å². The smallest absolute Gasteiger partial charge is 0.252 e. The van der Waals surface area contributed by atoms with E-state index in [2.05, 4.69) is 10.1 Å². The molecule has 0 aliphatic carbocycles. The molecule has 80 valence electrons. The van der Waals surface area contributed by atoms with Gasteiger partial charge < -0.3 is 5.73 Å². The fraction of sp³-hybridized carbons (Fsp3) is 0.100. The maximum absolute atomic E-state index is 13.0. The van der Waals surface area contributed by atoms with Crippen molar-refractivity contribution in [2.75, 3.05) is 5.73 Å². The minimum absolute atomic E-state index is 0.0787. The number of nitrogens with two attached hydrogens (primary N) is 1. The predicted octanol–water partition coefficient (Wildman–Crippen LogP) is 0.919. The van der Waals surface area contributed by atoms with E-state index >= 15 is 0 Å². The Morgan fingerprint density at radius 2 is 2.31 bits per heavy atom. The van der Waals surface area contributed by atoms with Gasteiger partial charge in [-0.2, -0.15) is 5.26 Å². The lowest BCUT2D eigenvalue weighted by Gasteiger charge is -2.04. The van der Waals surface area contributed by atoms with E-state index in [9.17, 15) is 4.39 Å². The summed E-state index contributed by atoms with van der Waals surface area (Å²) in [6, 6.07) is 5.93. The molecule has 1 heterocycles. The molecule has 0 aliphatic heterocycles. The zero-order valence-electron chi connectivity index (χ0n) is 8.26. The normalized spacial score (nSPS) is 10.0. The lowest BCUT2D eigenvalue weighted by atomic mass is 10.2. The molecule has 0 saturated carbocycles. The Kier molecular flexibility index (Phi) is 2.52. The lowest BCUT2D eigenvalue weighted by molar-refractivity contribution is 0.619. The first-order valence-corrected chi connectivity index (χ1v) is 4.52. The number of rotatable bonds is 2. The Bertz CT molecular complexity index is 555. The van der Waals surface area contributed by atoms with Crippen LogP contribution >= 0.6 is 0 Å². The molecule has 1 aromatic carbocycles. The summed E-state index contributed by atoms with van der Waals surface area (Å²) >= 11 is 0. The van der Waals surface area contributed by atoms with Crippen LogP contribution in [0.2, 0.25) is 0 Å². The summed E-state index contributed by atoms with van der Waals surface area (Å²) in [5.74, 6) is -0.278. The van der Waals surface area contributed by atoms with Crippen molar-refractivity contribution in [3.05, 3.63) is 41.7 Å². The molecule has 0 unspecified atom stereocenters. The summed E-state index contributed by atoms with van der Waals surface area (Å²) < 4.78 is 14.4. The molecule has 5 nitrogen and oxygen atoms in total. The predicted molar refractivity (Wildman–Crippen MR) is 54.7 cm³/mol. The second-order valence-corrected chi connectivity index (χ2v) is 3.22. The molecule has 1 aromatic heterocycles. The third-order valence-corrected chi connectivity index (χ3v) is 2.07. The fourth-order valence-electron chi connectivity index (χ4n) is 1.31. The number of anilines is 1. The first-order valence-electron chi connectivity index (χ1n) is 4.52. The minimum Gasteiger partial charge on any atom is -0.398 e. The Hall–Kier alpha value is -2.42. The number of aromatic nitrogens is 3. The SMILES string of the molecule is N#Cc1ncn(Cc2cc(F)ccc2N)n1. The molecule has 2 rings (SSSR count). The van der Waals surface area contributed by atoms with E-state index in [1.807, 2.05) is 6.07 Å². The van der Waals surface area contributed by atoms with Crippen LogP contribution in [0.25, 0.3) is 0 Å². The van der Waals surface area contributed by atoms with Gasteiger partial charge in [-0.15, -0.1) is 5.10 Å². The maximum Gasteiger partial charge on any atom is 0.252 e. The molecule has 6 heteroatoms. The van der Waals surface area contributed by atoms with Crippen LogP contribution in [-0.2, 0) is 6.54 Å². The minimum atomic E-state index is -0.357. The molecule has 0 bridgehead atoms. The van der Waals surface area contributed by atoms with Crippen LogP contribution in [0.4, 0.5) is 10.1 Å². The fourth-order valence-corrected chi connectivity index (χ4v) is 1.31. The summed E-state index contributed by atoms with van der Waals surface area (Å²) in [7, 11) is 0. The highest BCUT2D eigenvalue weighted by Gasteiger charge is 2.04. The highest BCUT2D eigenvalue weighted by molar-refractivity contribution is 5.46. The van der Waals surface area contributed by atoms with E-state index in [4.69, 9.17) is 11.0 Å². The molecule has 0 fully saturated rings. The Balaban J connectivity index is 2.27. The van der Waals surface area contributed by atoms with Crippen LogP contribution in [0.1, 0.15) is 11.4 Å². The molecule has 0 saturated heterocycles. The van der Waals surface area contributed by atoms with Gasteiger partial charge in [0.05, 0.1) is 6.54 Å². The van der Waals surface area contributed by atoms with Gasteiger partial charge in [0, 0.05) is 5.69 Å². The molecule has 0 atom stereocenters. The van der Waals surface area contributed by atoms with Crippen molar-refractivity contribution in [1.29, 1.82) is 5.26 Å². The van der Waals surface area contributed by atoms with Crippen LogP contribution in [0.3, 0.4) is 0 Å². The average Bonchev–Trinajstić information content (AvgIpc) is 2.71. The maximum atomic E-state index is 13.0. The second-order valence-electron chi connectivity index (χ2n) is 3.22. The number of nitrogens with zero attached hydrogens (tertiary/aromatic N) is 4. The first-order chi connectivity index (χ1) is 7.69. The number of halogens is 1. The summed E-state index contributed by atoms with van der Waals surface area (Å²) in [5.41, 5.74) is 6.77. The molecular formula is C10H8FN5. The van der Waals surface area contributed by atoms with Crippen LogP contribution in [0, 0.1) is 17.1 Å². The third-order valence-electron chi connectivity index (χ3n) is 2.07. The van der Waals surface area contributed by atoms with E-state index < -0.39 is 0 Å². The monoisotopic (exact) mass is 217 g/mol. The topological polar surface area (TPSA) is 80.5 Å². The number of hydrogen-bond acceptors (Lipinski definition) is 4. The van der Waals surface area contributed by atoms with Gasteiger partial charge in [-0.1, -0.05) is 0 Å². The van der Waals surface area contributed by atoms with Gasteiger partial charge in [0.15, 0.2) is 0 Å². The largest absolute Gasteiger partial charge is 0.398 e. The third kappa shape index (κ3) is 1.98. The first kappa shape index (κ1) is 10.1. The molecular weight excluding hydrogens is 209 g/mol. The summed E-state index contributed by atoms with van der Waals surface area (Å²) in [4.78, 5) is 3.74. The Labute approximate surface area is 90.9 Å². The molecule has 16 heavy (non-hydrogen) atoms. The lowest BCUT2D eigenvalue weighted by Crippen LogP contribution is -2.04. The van der Waals surface area contributed by atoms with Crippen molar-refractivity contribution in [1.82, 2.24) is 14.8 Å². The Morgan fingerprint density at radius 3 is 3.00 bits per heavy atom. The molecule has 2 N–H and O–H groups in total.